The van der Waals surface area contributed by atoms with Crippen LogP contribution in [-0.4, -0.2) is 29.9 Å². The fourth-order valence-electron chi connectivity index (χ4n) is 3.56. The van der Waals surface area contributed by atoms with E-state index in [9.17, 15) is 9.59 Å². The number of hydrogen-bond donors (Lipinski definition) is 1. The molecule has 0 saturated carbocycles. The van der Waals surface area contributed by atoms with Crippen LogP contribution in [0.5, 0.6) is 11.5 Å². The molecule has 0 atom stereocenters. The number of carbonyl (C=O) groups excluding carboxylic acids is 2. The average molecular weight is 584 g/mol. The summed E-state index contributed by atoms with van der Waals surface area (Å²) in [6, 6.07) is 18.5. The molecule has 3 aromatic rings. The quantitative estimate of drug-likeness (QED) is 0.253. The Morgan fingerprint density at radius 1 is 1.11 bits per heavy atom. The van der Waals surface area contributed by atoms with Crippen LogP contribution in [0.25, 0.3) is 6.08 Å². The Bertz CT molecular complexity index is 1390. The summed E-state index contributed by atoms with van der Waals surface area (Å²) in [5.41, 5.74) is 4.25. The average Bonchev–Trinajstić information content (AvgIpc) is 3.12. The largest absolute Gasteiger partial charge is 0.493 e. The summed E-state index contributed by atoms with van der Waals surface area (Å²) in [5, 5.41) is 2.82. The van der Waals surface area contributed by atoms with Gasteiger partial charge in [0.1, 0.15) is 0 Å². The van der Waals surface area contributed by atoms with Crippen LogP contribution in [0.4, 0.5) is 11.4 Å². The topological polar surface area (TPSA) is 67.9 Å². The van der Waals surface area contributed by atoms with Gasteiger partial charge >= 0.3 is 0 Å². The van der Waals surface area contributed by atoms with E-state index in [2.05, 4.69) is 21.2 Å². The molecule has 184 valence electrons. The molecule has 9 heteroatoms. The van der Waals surface area contributed by atoms with Gasteiger partial charge in [-0.1, -0.05) is 58.1 Å². The number of ether oxygens (including phenoxy) is 2. The number of nitrogens with zero attached hydrogens (tertiary/aromatic N) is 1. The van der Waals surface area contributed by atoms with Crippen LogP contribution >= 0.6 is 39.9 Å². The van der Waals surface area contributed by atoms with Gasteiger partial charge in [-0.05, 0) is 79.1 Å². The number of carbonyl (C=O) groups is 2. The third-order valence-electron chi connectivity index (χ3n) is 5.34. The lowest BCUT2D eigenvalue weighted by Crippen LogP contribution is -2.27. The number of thioether (sulfide) groups is 1. The van der Waals surface area contributed by atoms with Crippen molar-refractivity contribution in [3.8, 4) is 11.5 Å². The van der Waals surface area contributed by atoms with E-state index >= 15 is 0 Å². The van der Waals surface area contributed by atoms with Crippen molar-refractivity contribution in [3.63, 3.8) is 0 Å². The van der Waals surface area contributed by atoms with Crippen molar-refractivity contribution in [1.82, 2.24) is 0 Å². The Morgan fingerprint density at radius 3 is 2.64 bits per heavy atom. The summed E-state index contributed by atoms with van der Waals surface area (Å²) in [5.74, 6) is 0.409. The number of rotatable bonds is 7. The van der Waals surface area contributed by atoms with Crippen molar-refractivity contribution in [2.24, 2.45) is 0 Å². The summed E-state index contributed by atoms with van der Waals surface area (Å²) in [6.07, 6.45) is 1.77. The first-order chi connectivity index (χ1) is 17.2. The van der Waals surface area contributed by atoms with E-state index in [0.29, 0.717) is 26.4 Å². The van der Waals surface area contributed by atoms with E-state index < -0.39 is 0 Å². The number of nitrogens with one attached hydrogen (secondary N) is 1. The maximum Gasteiger partial charge on any atom is 0.270 e. The molecule has 36 heavy (non-hydrogen) atoms. The van der Waals surface area contributed by atoms with Crippen molar-refractivity contribution in [2.75, 3.05) is 23.9 Å². The van der Waals surface area contributed by atoms with Gasteiger partial charge in [-0.3, -0.25) is 14.5 Å². The van der Waals surface area contributed by atoms with Crippen LogP contribution in [-0.2, 0) is 9.59 Å². The third kappa shape index (κ3) is 5.98. The van der Waals surface area contributed by atoms with Gasteiger partial charge in [-0.15, -0.1) is 0 Å². The van der Waals surface area contributed by atoms with Gasteiger partial charge in [0.25, 0.3) is 11.8 Å². The molecule has 1 N–H and O–H groups in total. The maximum absolute atomic E-state index is 13.1. The molecule has 0 spiro atoms. The molecule has 0 bridgehead atoms. The highest BCUT2D eigenvalue weighted by molar-refractivity contribution is 9.10. The molecule has 1 aliphatic rings. The van der Waals surface area contributed by atoms with Crippen LogP contribution in [0, 0.1) is 13.8 Å². The van der Waals surface area contributed by atoms with Crippen molar-refractivity contribution in [2.45, 2.75) is 13.8 Å². The molecule has 0 radical (unpaired) electrons. The second kappa shape index (κ2) is 11.3. The van der Waals surface area contributed by atoms with Crippen LogP contribution in [0.15, 0.2) is 70.0 Å². The van der Waals surface area contributed by atoms with Gasteiger partial charge in [0, 0.05) is 10.2 Å². The van der Waals surface area contributed by atoms with Gasteiger partial charge in [0.05, 0.1) is 17.7 Å². The second-order valence-electron chi connectivity index (χ2n) is 8.07. The summed E-state index contributed by atoms with van der Waals surface area (Å²) in [4.78, 5) is 27.5. The predicted molar refractivity (Wildman–Crippen MR) is 153 cm³/mol. The maximum atomic E-state index is 13.1. The molecule has 1 aliphatic heterocycles. The molecular formula is C27H23BrN2O4S2. The molecule has 0 aliphatic carbocycles. The highest BCUT2D eigenvalue weighted by atomic mass is 79.9. The number of methoxy groups -OCH3 is 1. The molecule has 2 amide bonds. The first-order valence-corrected chi connectivity index (χ1v) is 13.0. The first kappa shape index (κ1) is 25.9. The molecule has 1 heterocycles. The van der Waals surface area contributed by atoms with Crippen molar-refractivity contribution in [1.29, 1.82) is 0 Å². The molecule has 1 saturated heterocycles. The zero-order valence-corrected chi connectivity index (χ0v) is 23.1. The lowest BCUT2D eigenvalue weighted by Gasteiger charge is -2.14. The highest BCUT2D eigenvalue weighted by Crippen LogP contribution is 2.37. The number of anilines is 2. The van der Waals surface area contributed by atoms with E-state index in [0.717, 1.165) is 26.9 Å². The Morgan fingerprint density at radius 2 is 1.92 bits per heavy atom. The minimum absolute atomic E-state index is 0.172. The molecule has 6 nitrogen and oxygen atoms in total. The normalized spacial score (nSPS) is 14.3. The van der Waals surface area contributed by atoms with Gasteiger partial charge in [-0.2, -0.15) is 0 Å². The Labute approximate surface area is 227 Å². The fourth-order valence-corrected chi connectivity index (χ4v) is 5.11. The summed E-state index contributed by atoms with van der Waals surface area (Å²) < 4.78 is 12.6. The molecule has 0 unspecified atom stereocenters. The van der Waals surface area contributed by atoms with Crippen molar-refractivity contribution >= 4 is 73.5 Å². The predicted octanol–water partition coefficient (Wildman–Crippen LogP) is 6.50. The van der Waals surface area contributed by atoms with E-state index in [1.165, 1.54) is 18.9 Å². The molecule has 1 fully saturated rings. The van der Waals surface area contributed by atoms with Crippen LogP contribution in [0.3, 0.4) is 0 Å². The van der Waals surface area contributed by atoms with Gasteiger partial charge in [0.2, 0.25) is 0 Å². The van der Waals surface area contributed by atoms with Gasteiger partial charge < -0.3 is 14.8 Å². The molecule has 4 rings (SSSR count). The number of thiocarbonyl (C=S) groups is 1. The monoisotopic (exact) mass is 582 g/mol. The summed E-state index contributed by atoms with van der Waals surface area (Å²) in [6.45, 7) is 3.74. The Hall–Kier alpha value is -3.14. The van der Waals surface area contributed by atoms with E-state index in [4.69, 9.17) is 21.7 Å². The summed E-state index contributed by atoms with van der Waals surface area (Å²) in [7, 11) is 1.52. The number of benzene rings is 3. The second-order valence-corrected chi connectivity index (χ2v) is 10.6. The lowest BCUT2D eigenvalue weighted by molar-refractivity contribution is -0.118. The summed E-state index contributed by atoms with van der Waals surface area (Å²) >= 11 is 10.2. The van der Waals surface area contributed by atoms with Crippen molar-refractivity contribution in [3.05, 3.63) is 86.7 Å². The first-order valence-electron chi connectivity index (χ1n) is 11.0. The smallest absolute Gasteiger partial charge is 0.270 e. The zero-order valence-electron chi connectivity index (χ0n) is 19.8. The van der Waals surface area contributed by atoms with Crippen LogP contribution < -0.4 is 19.7 Å². The Kier molecular flexibility index (Phi) is 8.13. The molecule has 3 aromatic carbocycles. The van der Waals surface area contributed by atoms with E-state index in [1.54, 1.807) is 29.2 Å². The highest BCUT2D eigenvalue weighted by Gasteiger charge is 2.33. The lowest BCUT2D eigenvalue weighted by atomic mass is 10.1. The van der Waals surface area contributed by atoms with Crippen LogP contribution in [0.2, 0.25) is 0 Å². The van der Waals surface area contributed by atoms with Gasteiger partial charge in [0.15, 0.2) is 22.4 Å². The van der Waals surface area contributed by atoms with Crippen molar-refractivity contribution < 1.29 is 19.1 Å². The number of amides is 2. The molecular weight excluding hydrogens is 560 g/mol. The third-order valence-corrected chi connectivity index (χ3v) is 7.53. The standard InChI is InChI=1S/C27H23BrN2O4S2/c1-16-5-4-6-20(11-16)30-26(32)24(36-27(30)35)14-18-7-10-22(23(13-18)33-3)34-15-25(31)29-19-8-9-21(28)17(2)12-19/h4-14H,15H2,1-3H3,(H,29,31)/b24-14-. The minimum atomic E-state index is -0.289. The molecule has 0 aromatic heterocycles. The number of halogens is 1. The van der Waals surface area contributed by atoms with E-state index in [-0.39, 0.29) is 18.4 Å². The number of hydrogen-bond acceptors (Lipinski definition) is 6. The Balaban J connectivity index is 1.45. The SMILES string of the molecule is COc1cc(/C=C2\SC(=S)N(c3cccc(C)c3)C2=O)ccc1OCC(=O)Nc1ccc(Br)c(C)c1. The number of aryl methyl sites for hydroxylation is 2. The minimum Gasteiger partial charge on any atom is -0.493 e. The van der Waals surface area contributed by atoms with Gasteiger partial charge in [-0.25, -0.2) is 0 Å². The van der Waals surface area contributed by atoms with Crippen LogP contribution in [0.1, 0.15) is 16.7 Å². The van der Waals surface area contributed by atoms with E-state index in [1.807, 2.05) is 56.3 Å². The fraction of sp³-hybridized carbons (Fsp3) is 0.148. The zero-order chi connectivity index (χ0) is 25.8.